The minimum atomic E-state index is -0.0765. The first-order valence-corrected chi connectivity index (χ1v) is 4.92. The van der Waals surface area contributed by atoms with Crippen LogP contribution < -0.4 is 0 Å². The monoisotopic (exact) mass is 197 g/mol. The van der Waals surface area contributed by atoms with Crippen LogP contribution in [0.4, 0.5) is 0 Å². The Morgan fingerprint density at radius 1 is 0.733 bits per heavy atom. The van der Waals surface area contributed by atoms with Gasteiger partial charge < -0.3 is 4.74 Å². The van der Waals surface area contributed by atoms with Gasteiger partial charge in [0, 0.05) is 0 Å². The Bertz CT molecular complexity index is 355. The summed E-state index contributed by atoms with van der Waals surface area (Å²) in [6.45, 7) is 0. The van der Waals surface area contributed by atoms with E-state index in [4.69, 9.17) is 4.74 Å². The van der Waals surface area contributed by atoms with E-state index in [9.17, 15) is 0 Å². The van der Waals surface area contributed by atoms with Crippen LogP contribution in [-0.2, 0) is 4.74 Å². The lowest BCUT2D eigenvalue weighted by molar-refractivity contribution is 0.176. The molecule has 75 valence electrons. The third kappa shape index (κ3) is 2.25. The highest BCUT2D eigenvalue weighted by atomic mass is 16.5. The lowest BCUT2D eigenvalue weighted by Crippen LogP contribution is -2.01. The average molecular weight is 197 g/mol. The summed E-state index contributed by atoms with van der Waals surface area (Å²) in [5, 5.41) is 0. The number of ether oxygens (including phenoxy) is 1. The molecule has 15 heavy (non-hydrogen) atoms. The smallest absolute Gasteiger partial charge is 0.108 e. The molecule has 0 amide bonds. The molecule has 0 aliphatic rings. The zero-order valence-electron chi connectivity index (χ0n) is 8.47. The summed E-state index contributed by atoms with van der Waals surface area (Å²) in [5.41, 5.74) is 2.25. The molecule has 0 aliphatic heterocycles. The second-order valence-corrected chi connectivity index (χ2v) is 3.37. The lowest BCUT2D eigenvalue weighted by Gasteiger charge is -2.15. The molecule has 1 radical (unpaired) electrons. The van der Waals surface area contributed by atoms with Gasteiger partial charge in [-0.05, 0) is 11.1 Å². The molecule has 0 aliphatic carbocycles. The van der Waals surface area contributed by atoms with Crippen LogP contribution in [0.3, 0.4) is 0 Å². The summed E-state index contributed by atoms with van der Waals surface area (Å²) in [4.78, 5) is 0. The second kappa shape index (κ2) is 4.76. The maximum absolute atomic E-state index is 5.27. The highest BCUT2D eigenvalue weighted by Crippen LogP contribution is 2.24. The summed E-state index contributed by atoms with van der Waals surface area (Å²) >= 11 is 0. The van der Waals surface area contributed by atoms with E-state index < -0.39 is 0 Å². The third-order valence-electron chi connectivity index (χ3n) is 2.37. The van der Waals surface area contributed by atoms with Gasteiger partial charge in [-0.2, -0.15) is 0 Å². The molecule has 2 aromatic rings. The number of rotatable bonds is 3. The van der Waals surface area contributed by atoms with E-state index in [1.165, 1.54) is 0 Å². The molecule has 1 nitrogen and oxygen atoms in total. The van der Waals surface area contributed by atoms with Crippen LogP contribution in [0.5, 0.6) is 0 Å². The van der Waals surface area contributed by atoms with Gasteiger partial charge in [0.05, 0.1) is 7.11 Å². The standard InChI is InChI=1S/C14H13O/c1-15-14(12-8-4-2-5-9-12)13-10-6-3-7-11-13/h2-11,14H,1H2. The molecule has 0 spiro atoms. The van der Waals surface area contributed by atoms with Gasteiger partial charge in [0.1, 0.15) is 6.10 Å². The fraction of sp³-hybridized carbons (Fsp3) is 0.0714. The molecule has 0 aromatic heterocycles. The molecule has 0 unspecified atom stereocenters. The number of benzene rings is 2. The Morgan fingerprint density at radius 3 is 1.47 bits per heavy atom. The van der Waals surface area contributed by atoms with Crippen LogP contribution in [0.1, 0.15) is 17.2 Å². The van der Waals surface area contributed by atoms with Gasteiger partial charge in [-0.15, -0.1) is 0 Å². The second-order valence-electron chi connectivity index (χ2n) is 3.37. The van der Waals surface area contributed by atoms with Gasteiger partial charge in [-0.3, -0.25) is 0 Å². The molecular formula is C14H13O. The highest BCUT2D eigenvalue weighted by Gasteiger charge is 2.11. The Balaban J connectivity index is 2.34. The first kappa shape index (κ1) is 9.94. The minimum absolute atomic E-state index is 0.0765. The van der Waals surface area contributed by atoms with Crippen molar-refractivity contribution in [2.24, 2.45) is 0 Å². The lowest BCUT2D eigenvalue weighted by atomic mass is 10.0. The maximum atomic E-state index is 5.27. The Morgan fingerprint density at radius 2 is 1.13 bits per heavy atom. The Labute approximate surface area is 90.3 Å². The van der Waals surface area contributed by atoms with E-state index in [-0.39, 0.29) is 6.10 Å². The average Bonchev–Trinajstić information content (AvgIpc) is 2.33. The summed E-state index contributed by atoms with van der Waals surface area (Å²) in [7, 11) is 3.54. The first-order valence-electron chi connectivity index (χ1n) is 4.92. The van der Waals surface area contributed by atoms with Gasteiger partial charge in [0.15, 0.2) is 0 Å². The van der Waals surface area contributed by atoms with Crippen molar-refractivity contribution in [2.45, 2.75) is 6.10 Å². The van der Waals surface area contributed by atoms with E-state index >= 15 is 0 Å². The van der Waals surface area contributed by atoms with Crippen molar-refractivity contribution in [1.29, 1.82) is 0 Å². The largest absolute Gasteiger partial charge is 0.366 e. The van der Waals surface area contributed by atoms with Gasteiger partial charge in [-0.25, -0.2) is 0 Å². The quantitative estimate of drug-likeness (QED) is 0.730. The summed E-state index contributed by atoms with van der Waals surface area (Å²) in [5.74, 6) is 0. The van der Waals surface area contributed by atoms with Crippen molar-refractivity contribution in [2.75, 3.05) is 0 Å². The van der Waals surface area contributed by atoms with Gasteiger partial charge >= 0.3 is 0 Å². The molecule has 0 saturated carbocycles. The van der Waals surface area contributed by atoms with Crippen molar-refractivity contribution >= 4 is 0 Å². The summed E-state index contributed by atoms with van der Waals surface area (Å²) in [6.07, 6.45) is -0.0765. The molecule has 0 atom stereocenters. The molecule has 0 saturated heterocycles. The molecule has 0 N–H and O–H groups in total. The topological polar surface area (TPSA) is 9.23 Å². The normalized spacial score (nSPS) is 10.5. The molecule has 0 bridgehead atoms. The van der Waals surface area contributed by atoms with Crippen molar-refractivity contribution < 1.29 is 4.74 Å². The van der Waals surface area contributed by atoms with Crippen molar-refractivity contribution in [1.82, 2.24) is 0 Å². The number of hydrogen-bond acceptors (Lipinski definition) is 1. The SMILES string of the molecule is [CH2]OC(c1ccccc1)c1ccccc1. The predicted molar refractivity (Wildman–Crippen MR) is 61.2 cm³/mol. The fourth-order valence-electron chi connectivity index (χ4n) is 1.64. The van der Waals surface area contributed by atoms with Crippen LogP contribution in [0, 0.1) is 7.11 Å². The van der Waals surface area contributed by atoms with Crippen molar-refractivity contribution in [3.05, 3.63) is 78.9 Å². The van der Waals surface area contributed by atoms with Crippen LogP contribution in [0.15, 0.2) is 60.7 Å². The molecule has 2 aromatic carbocycles. The Hall–Kier alpha value is -1.60. The van der Waals surface area contributed by atoms with E-state index in [2.05, 4.69) is 7.11 Å². The Kier molecular flexibility index (Phi) is 3.15. The molecule has 0 fully saturated rings. The van der Waals surface area contributed by atoms with Gasteiger partial charge in [0.2, 0.25) is 0 Å². The van der Waals surface area contributed by atoms with E-state index in [1.54, 1.807) is 0 Å². The summed E-state index contributed by atoms with van der Waals surface area (Å²) in [6, 6.07) is 20.2. The van der Waals surface area contributed by atoms with Crippen LogP contribution in [0.25, 0.3) is 0 Å². The van der Waals surface area contributed by atoms with E-state index in [1.807, 2.05) is 60.7 Å². The highest BCUT2D eigenvalue weighted by molar-refractivity contribution is 5.29. The molecular weight excluding hydrogens is 184 g/mol. The third-order valence-corrected chi connectivity index (χ3v) is 2.37. The molecule has 1 heteroatoms. The zero-order chi connectivity index (χ0) is 10.5. The zero-order valence-corrected chi connectivity index (χ0v) is 8.47. The molecule has 0 heterocycles. The van der Waals surface area contributed by atoms with Gasteiger partial charge in [0.25, 0.3) is 0 Å². The number of hydrogen-bond donors (Lipinski definition) is 0. The van der Waals surface area contributed by atoms with E-state index in [0.717, 1.165) is 11.1 Å². The molecule has 2 rings (SSSR count). The fourth-order valence-corrected chi connectivity index (χ4v) is 1.64. The van der Waals surface area contributed by atoms with Gasteiger partial charge in [-0.1, -0.05) is 60.7 Å². The van der Waals surface area contributed by atoms with Crippen molar-refractivity contribution in [3.63, 3.8) is 0 Å². The van der Waals surface area contributed by atoms with Crippen LogP contribution in [0.2, 0.25) is 0 Å². The maximum Gasteiger partial charge on any atom is 0.108 e. The predicted octanol–water partition coefficient (Wildman–Crippen LogP) is 3.58. The van der Waals surface area contributed by atoms with Crippen LogP contribution in [-0.4, -0.2) is 0 Å². The van der Waals surface area contributed by atoms with Crippen LogP contribution >= 0.6 is 0 Å². The minimum Gasteiger partial charge on any atom is -0.366 e. The summed E-state index contributed by atoms with van der Waals surface area (Å²) < 4.78 is 5.27. The first-order chi connectivity index (χ1) is 7.42. The van der Waals surface area contributed by atoms with E-state index in [0.29, 0.717) is 0 Å². The van der Waals surface area contributed by atoms with Crippen molar-refractivity contribution in [3.8, 4) is 0 Å².